The summed E-state index contributed by atoms with van der Waals surface area (Å²) in [5, 5.41) is 5.26. The molecule has 0 spiro atoms. The van der Waals surface area contributed by atoms with Crippen LogP contribution in [-0.4, -0.2) is 86.4 Å². The molecule has 0 aromatic heterocycles. The molecule has 0 radical (unpaired) electrons. The van der Waals surface area contributed by atoms with Crippen LogP contribution in [0.5, 0.6) is 0 Å². The monoisotopic (exact) mass is 368 g/mol. The molecule has 0 aromatic carbocycles. The van der Waals surface area contributed by atoms with Crippen molar-refractivity contribution in [2.75, 3.05) is 52.5 Å². The molecule has 1 saturated heterocycles. The van der Waals surface area contributed by atoms with E-state index < -0.39 is 12.8 Å². The Kier molecular flexibility index (Phi) is 8.98. The quantitative estimate of drug-likeness (QED) is 0.622. The first kappa shape index (κ1) is 21.5. The number of rotatable bonds is 8. The SMILES string of the molecule is CC(C)NC(=O)CNC(=O)N1CCN(CCCOCC(F)(F)F)CC1. The normalized spacial score (nSPS) is 16.2. The number of carbonyl (C=O) groups is 2. The number of halogens is 3. The highest BCUT2D eigenvalue weighted by Crippen LogP contribution is 2.14. The van der Waals surface area contributed by atoms with Gasteiger partial charge in [0.05, 0.1) is 6.54 Å². The van der Waals surface area contributed by atoms with Gasteiger partial charge in [0.15, 0.2) is 0 Å². The van der Waals surface area contributed by atoms with E-state index in [-0.39, 0.29) is 31.1 Å². The zero-order valence-corrected chi connectivity index (χ0v) is 14.7. The average Bonchev–Trinajstić information content (AvgIpc) is 2.51. The first-order valence-corrected chi connectivity index (χ1v) is 8.36. The Hall–Kier alpha value is -1.55. The number of urea groups is 1. The van der Waals surface area contributed by atoms with E-state index in [4.69, 9.17) is 0 Å². The van der Waals surface area contributed by atoms with Crippen LogP contribution >= 0.6 is 0 Å². The Morgan fingerprint density at radius 1 is 1.16 bits per heavy atom. The fraction of sp³-hybridized carbons (Fsp3) is 0.867. The second-order valence-electron chi connectivity index (χ2n) is 6.23. The first-order chi connectivity index (χ1) is 11.7. The third-order valence-electron chi connectivity index (χ3n) is 3.54. The maximum atomic E-state index is 12.0. The third-order valence-corrected chi connectivity index (χ3v) is 3.54. The predicted molar refractivity (Wildman–Crippen MR) is 86.2 cm³/mol. The van der Waals surface area contributed by atoms with Gasteiger partial charge in [-0.1, -0.05) is 0 Å². The van der Waals surface area contributed by atoms with Gasteiger partial charge in [-0.2, -0.15) is 13.2 Å². The Morgan fingerprint density at radius 3 is 2.36 bits per heavy atom. The molecule has 146 valence electrons. The first-order valence-electron chi connectivity index (χ1n) is 8.36. The van der Waals surface area contributed by atoms with E-state index in [1.165, 1.54) is 0 Å². The summed E-state index contributed by atoms with van der Waals surface area (Å²) in [4.78, 5) is 27.2. The number of nitrogens with one attached hydrogen (secondary N) is 2. The van der Waals surface area contributed by atoms with Crippen molar-refractivity contribution < 1.29 is 27.5 Å². The van der Waals surface area contributed by atoms with Gasteiger partial charge in [0.2, 0.25) is 5.91 Å². The minimum Gasteiger partial charge on any atom is -0.372 e. The lowest BCUT2D eigenvalue weighted by atomic mass is 10.3. The molecule has 2 N–H and O–H groups in total. The van der Waals surface area contributed by atoms with Crippen LogP contribution in [0.15, 0.2) is 0 Å². The minimum absolute atomic E-state index is 0.0214. The molecule has 1 fully saturated rings. The molecule has 0 saturated carbocycles. The molecule has 1 aliphatic rings. The van der Waals surface area contributed by atoms with Gasteiger partial charge in [0.1, 0.15) is 6.61 Å². The molecule has 1 rings (SSSR count). The zero-order chi connectivity index (χ0) is 18.9. The van der Waals surface area contributed by atoms with Crippen LogP contribution in [0.3, 0.4) is 0 Å². The van der Waals surface area contributed by atoms with Crippen molar-refractivity contribution in [3.05, 3.63) is 0 Å². The third kappa shape index (κ3) is 10.1. The summed E-state index contributed by atoms with van der Waals surface area (Å²) in [6, 6.07) is -0.264. The number of alkyl halides is 3. The van der Waals surface area contributed by atoms with Crippen LogP contribution in [0.2, 0.25) is 0 Å². The van der Waals surface area contributed by atoms with Crippen molar-refractivity contribution in [2.45, 2.75) is 32.5 Å². The van der Waals surface area contributed by atoms with Crippen molar-refractivity contribution in [3.63, 3.8) is 0 Å². The van der Waals surface area contributed by atoms with Gasteiger partial charge in [0.25, 0.3) is 0 Å². The maximum absolute atomic E-state index is 12.0. The molecular weight excluding hydrogens is 341 g/mol. The number of hydrogen-bond acceptors (Lipinski definition) is 4. The number of hydrogen-bond donors (Lipinski definition) is 2. The van der Waals surface area contributed by atoms with Crippen LogP contribution in [0.1, 0.15) is 20.3 Å². The number of ether oxygens (including phenoxy) is 1. The summed E-state index contributed by atoms with van der Waals surface area (Å²) in [5.74, 6) is -0.235. The molecule has 10 heteroatoms. The molecule has 0 aliphatic carbocycles. The van der Waals surface area contributed by atoms with Crippen LogP contribution in [0, 0.1) is 0 Å². The summed E-state index contributed by atoms with van der Waals surface area (Å²) < 4.78 is 40.3. The summed E-state index contributed by atoms with van der Waals surface area (Å²) in [6.45, 7) is 5.41. The van der Waals surface area contributed by atoms with E-state index in [1.54, 1.807) is 4.90 Å². The van der Waals surface area contributed by atoms with Crippen LogP contribution in [0.4, 0.5) is 18.0 Å². The van der Waals surface area contributed by atoms with Crippen molar-refractivity contribution in [3.8, 4) is 0 Å². The molecular formula is C15H27F3N4O3. The lowest BCUT2D eigenvalue weighted by Crippen LogP contribution is -2.53. The van der Waals surface area contributed by atoms with Crippen LogP contribution in [-0.2, 0) is 9.53 Å². The van der Waals surface area contributed by atoms with E-state index in [0.717, 1.165) is 0 Å². The molecule has 7 nitrogen and oxygen atoms in total. The van der Waals surface area contributed by atoms with Crippen LogP contribution in [0.25, 0.3) is 0 Å². The largest absolute Gasteiger partial charge is 0.411 e. The van der Waals surface area contributed by atoms with E-state index in [0.29, 0.717) is 39.1 Å². The standard InChI is InChI=1S/C15H27F3N4O3/c1-12(2)20-13(23)10-19-14(24)22-7-5-21(6-8-22)4-3-9-25-11-15(16,17)18/h12H,3-11H2,1-2H3,(H,19,24)(H,20,23). The summed E-state index contributed by atoms with van der Waals surface area (Å²) in [7, 11) is 0. The molecule has 1 heterocycles. The van der Waals surface area contributed by atoms with Gasteiger partial charge >= 0.3 is 12.2 Å². The maximum Gasteiger partial charge on any atom is 0.411 e. The van der Waals surface area contributed by atoms with Gasteiger partial charge in [-0.05, 0) is 20.3 Å². The zero-order valence-electron chi connectivity index (χ0n) is 14.7. The van der Waals surface area contributed by atoms with E-state index in [1.807, 2.05) is 13.8 Å². The molecule has 1 aliphatic heterocycles. The Morgan fingerprint density at radius 2 is 1.80 bits per heavy atom. The number of piperazine rings is 1. The molecule has 25 heavy (non-hydrogen) atoms. The van der Waals surface area contributed by atoms with Gasteiger partial charge in [-0.25, -0.2) is 4.79 Å². The second kappa shape index (κ2) is 10.4. The number of carbonyl (C=O) groups excluding carboxylic acids is 2. The minimum atomic E-state index is -4.29. The van der Waals surface area contributed by atoms with Crippen LogP contribution < -0.4 is 10.6 Å². The molecule has 0 unspecified atom stereocenters. The lowest BCUT2D eigenvalue weighted by molar-refractivity contribution is -0.174. The highest BCUT2D eigenvalue weighted by molar-refractivity contribution is 5.84. The fourth-order valence-electron chi connectivity index (χ4n) is 2.39. The van der Waals surface area contributed by atoms with E-state index in [9.17, 15) is 22.8 Å². The highest BCUT2D eigenvalue weighted by atomic mass is 19.4. The summed E-state index contributed by atoms with van der Waals surface area (Å²) >= 11 is 0. The molecule has 0 bridgehead atoms. The highest BCUT2D eigenvalue weighted by Gasteiger charge is 2.27. The smallest absolute Gasteiger partial charge is 0.372 e. The van der Waals surface area contributed by atoms with Gasteiger partial charge < -0.3 is 20.3 Å². The van der Waals surface area contributed by atoms with E-state index >= 15 is 0 Å². The van der Waals surface area contributed by atoms with Crippen molar-refractivity contribution >= 4 is 11.9 Å². The Bertz CT molecular complexity index is 425. The van der Waals surface area contributed by atoms with Gasteiger partial charge in [-0.3, -0.25) is 9.69 Å². The van der Waals surface area contributed by atoms with Crippen molar-refractivity contribution in [2.24, 2.45) is 0 Å². The van der Waals surface area contributed by atoms with E-state index in [2.05, 4.69) is 20.3 Å². The Labute approximate surface area is 145 Å². The van der Waals surface area contributed by atoms with Gasteiger partial charge in [-0.15, -0.1) is 0 Å². The molecule has 0 aromatic rings. The summed E-state index contributed by atoms with van der Waals surface area (Å²) in [6.07, 6.45) is -3.78. The van der Waals surface area contributed by atoms with Crippen molar-refractivity contribution in [1.82, 2.24) is 20.4 Å². The number of amides is 3. The molecule has 3 amide bonds. The average molecular weight is 368 g/mol. The topological polar surface area (TPSA) is 73.9 Å². The summed E-state index contributed by atoms with van der Waals surface area (Å²) in [5.41, 5.74) is 0. The fourth-order valence-corrected chi connectivity index (χ4v) is 2.39. The van der Waals surface area contributed by atoms with Gasteiger partial charge in [0, 0.05) is 45.4 Å². The Balaban J connectivity index is 2.12. The second-order valence-corrected chi connectivity index (χ2v) is 6.23. The number of nitrogens with zero attached hydrogens (tertiary/aromatic N) is 2. The lowest BCUT2D eigenvalue weighted by Gasteiger charge is -2.34. The molecule has 0 atom stereocenters. The van der Waals surface area contributed by atoms with Crippen molar-refractivity contribution in [1.29, 1.82) is 0 Å². The predicted octanol–water partition coefficient (Wildman–Crippen LogP) is 0.807.